The van der Waals surface area contributed by atoms with Crippen molar-refractivity contribution in [1.82, 2.24) is 0 Å². The summed E-state index contributed by atoms with van der Waals surface area (Å²) in [5.74, 6) is -0.947. The zero-order valence-corrected chi connectivity index (χ0v) is 15.8. The molecule has 1 N–H and O–H groups in total. The molecule has 0 spiro atoms. The molecule has 0 unspecified atom stereocenters. The van der Waals surface area contributed by atoms with Gasteiger partial charge in [-0.2, -0.15) is 0 Å². The van der Waals surface area contributed by atoms with Crippen molar-refractivity contribution in [3.8, 4) is 0 Å². The van der Waals surface area contributed by atoms with E-state index >= 15 is 0 Å². The fourth-order valence-corrected chi connectivity index (χ4v) is 2.66. The van der Waals surface area contributed by atoms with Crippen LogP contribution in [0, 0.1) is 0 Å². The summed E-state index contributed by atoms with van der Waals surface area (Å²) in [4.78, 5) is 21.6. The lowest BCUT2D eigenvalue weighted by molar-refractivity contribution is -0.890. The molecule has 0 radical (unpaired) electrons. The number of hydrogen-bond acceptors (Lipinski definition) is 3. The van der Waals surface area contributed by atoms with Gasteiger partial charge >= 0.3 is 11.9 Å². The topological polar surface area (TPSA) is 63.6 Å². The summed E-state index contributed by atoms with van der Waals surface area (Å²) in [5.41, 5.74) is 0. The number of esters is 1. The first-order valence-electron chi connectivity index (χ1n) is 9.20. The highest BCUT2D eigenvalue weighted by molar-refractivity contribution is 5.81. The molecule has 0 aliphatic carbocycles. The molecule has 0 atom stereocenters. The Morgan fingerprint density at radius 3 is 2.04 bits per heavy atom. The Hall–Kier alpha value is -1.36. The maximum Gasteiger partial charge on any atom is 0.330 e. The number of hydrogen-bond donors (Lipinski definition) is 1. The van der Waals surface area contributed by atoms with Crippen molar-refractivity contribution < 1.29 is 23.9 Å². The highest BCUT2D eigenvalue weighted by atomic mass is 16.5. The number of carboxylic acids is 1. The second-order valence-corrected chi connectivity index (χ2v) is 7.02. The Morgan fingerprint density at radius 1 is 0.917 bits per heavy atom. The molecule has 140 valence electrons. The van der Waals surface area contributed by atoms with Crippen LogP contribution in [-0.2, 0) is 14.3 Å². The van der Waals surface area contributed by atoms with Gasteiger partial charge in [0.25, 0.3) is 0 Å². The molecular formula is C19H36NO4+. The maximum atomic E-state index is 11.2. The third-order valence-corrected chi connectivity index (χ3v) is 4.11. The number of carboxylic acid groups (broad SMARTS) is 1. The van der Waals surface area contributed by atoms with Gasteiger partial charge in [0.1, 0.15) is 0 Å². The van der Waals surface area contributed by atoms with Gasteiger partial charge in [-0.25, -0.2) is 4.79 Å². The third kappa shape index (κ3) is 15.5. The molecule has 0 fully saturated rings. The second-order valence-electron chi connectivity index (χ2n) is 7.02. The number of rotatable bonds is 15. The maximum absolute atomic E-state index is 11.2. The van der Waals surface area contributed by atoms with E-state index in [4.69, 9.17) is 9.84 Å². The van der Waals surface area contributed by atoms with E-state index in [0.717, 1.165) is 43.3 Å². The zero-order chi connectivity index (χ0) is 18.3. The predicted octanol–water partition coefficient (Wildman–Crippen LogP) is 3.78. The first-order chi connectivity index (χ1) is 11.4. The number of quaternary nitrogens is 1. The van der Waals surface area contributed by atoms with Crippen LogP contribution in [-0.4, -0.2) is 55.3 Å². The molecule has 0 saturated carbocycles. The van der Waals surface area contributed by atoms with E-state index in [-0.39, 0.29) is 5.97 Å². The summed E-state index contributed by atoms with van der Waals surface area (Å²) < 4.78 is 6.07. The number of ether oxygens (including phenoxy) is 1. The minimum absolute atomic E-state index is 0.258. The normalized spacial score (nSPS) is 11.8. The summed E-state index contributed by atoms with van der Waals surface area (Å²) in [6.07, 6.45) is 12.2. The lowest BCUT2D eigenvalue weighted by Crippen LogP contribution is -2.41. The molecule has 0 aromatic heterocycles. The molecule has 0 aliphatic rings. The van der Waals surface area contributed by atoms with Gasteiger partial charge in [0.15, 0.2) is 0 Å². The fourth-order valence-electron chi connectivity index (χ4n) is 2.66. The van der Waals surface area contributed by atoms with Crippen molar-refractivity contribution in [3.63, 3.8) is 0 Å². The molecule has 0 aliphatic heterocycles. The first kappa shape index (κ1) is 22.6. The molecule has 24 heavy (non-hydrogen) atoms. The van der Waals surface area contributed by atoms with Gasteiger partial charge in [-0.05, 0) is 26.2 Å². The number of carbonyl (C=O) groups is 2. The monoisotopic (exact) mass is 342 g/mol. The number of nitrogens with zero attached hydrogens (tertiary/aromatic N) is 1. The zero-order valence-electron chi connectivity index (χ0n) is 15.8. The van der Waals surface area contributed by atoms with Gasteiger partial charge in [-0.1, -0.05) is 31.8 Å². The molecule has 0 rings (SSSR count). The summed E-state index contributed by atoms with van der Waals surface area (Å²) in [6, 6.07) is 0. The van der Waals surface area contributed by atoms with E-state index in [1.807, 2.05) is 0 Å². The van der Waals surface area contributed by atoms with Crippen LogP contribution in [0.3, 0.4) is 0 Å². The molecule has 0 aromatic carbocycles. The van der Waals surface area contributed by atoms with Crippen LogP contribution in [0.5, 0.6) is 0 Å². The van der Waals surface area contributed by atoms with Crippen LogP contribution >= 0.6 is 0 Å². The van der Waals surface area contributed by atoms with E-state index in [0.29, 0.717) is 13.0 Å². The van der Waals surface area contributed by atoms with E-state index in [1.165, 1.54) is 31.8 Å². The van der Waals surface area contributed by atoms with Gasteiger partial charge < -0.3 is 14.3 Å². The second kappa shape index (κ2) is 14.0. The van der Waals surface area contributed by atoms with Gasteiger partial charge in [-0.15, -0.1) is 0 Å². The van der Waals surface area contributed by atoms with Crippen molar-refractivity contribution in [2.45, 2.75) is 64.7 Å². The first-order valence-corrected chi connectivity index (χ1v) is 9.20. The molecule has 0 amide bonds. The van der Waals surface area contributed by atoms with E-state index in [1.54, 1.807) is 13.0 Å². The van der Waals surface area contributed by atoms with Crippen molar-refractivity contribution in [3.05, 3.63) is 12.2 Å². The van der Waals surface area contributed by atoms with Crippen LogP contribution in [0.2, 0.25) is 0 Å². The minimum Gasteiger partial charge on any atom is -0.481 e. The molecule has 0 bridgehead atoms. The number of allylic oxidation sites excluding steroid dienone is 1. The summed E-state index contributed by atoms with van der Waals surface area (Å²) >= 11 is 0. The summed E-state index contributed by atoms with van der Waals surface area (Å²) in [7, 11) is 4.44. The van der Waals surface area contributed by atoms with Crippen molar-refractivity contribution in [2.75, 3.05) is 33.8 Å². The molecule has 0 saturated heterocycles. The van der Waals surface area contributed by atoms with Crippen LogP contribution in [0.1, 0.15) is 64.7 Å². The standard InChI is InChI=1S/C19H35NO4/c1-4-13-19(23)24-17-12-16-20(2,3)15-11-9-7-5-6-8-10-14-18(21)22/h4,13H,5-12,14-17H2,1-3H3/p+1. The molecule has 0 heterocycles. The highest BCUT2D eigenvalue weighted by Gasteiger charge is 2.14. The number of aliphatic carboxylic acids is 1. The van der Waals surface area contributed by atoms with Crippen LogP contribution in [0.15, 0.2) is 12.2 Å². The average Bonchev–Trinajstić information content (AvgIpc) is 2.50. The Morgan fingerprint density at radius 2 is 1.46 bits per heavy atom. The van der Waals surface area contributed by atoms with Gasteiger partial charge in [-0.3, -0.25) is 4.79 Å². The quantitative estimate of drug-likeness (QED) is 0.213. The lowest BCUT2D eigenvalue weighted by atomic mass is 10.1. The molecule has 5 heteroatoms. The lowest BCUT2D eigenvalue weighted by Gasteiger charge is -2.29. The predicted molar refractivity (Wildman–Crippen MR) is 96.8 cm³/mol. The third-order valence-electron chi connectivity index (χ3n) is 4.11. The summed E-state index contributed by atoms with van der Waals surface area (Å²) in [5, 5.41) is 8.56. The Kier molecular flexibility index (Phi) is 13.2. The molecule has 5 nitrogen and oxygen atoms in total. The Labute approximate surface area is 147 Å². The number of unbranched alkanes of at least 4 members (excludes halogenated alkanes) is 6. The Bertz CT molecular complexity index is 378. The van der Waals surface area contributed by atoms with E-state index in [9.17, 15) is 9.59 Å². The van der Waals surface area contributed by atoms with Gasteiger partial charge in [0, 0.05) is 18.9 Å². The Balaban J connectivity index is 3.50. The van der Waals surface area contributed by atoms with E-state index in [2.05, 4.69) is 14.1 Å². The van der Waals surface area contributed by atoms with Crippen LogP contribution < -0.4 is 0 Å². The van der Waals surface area contributed by atoms with Crippen molar-refractivity contribution in [2.24, 2.45) is 0 Å². The fraction of sp³-hybridized carbons (Fsp3) is 0.789. The van der Waals surface area contributed by atoms with Gasteiger partial charge in [0.05, 0.1) is 33.8 Å². The smallest absolute Gasteiger partial charge is 0.330 e. The molecular weight excluding hydrogens is 306 g/mol. The SMILES string of the molecule is CC=CC(=O)OCCC[N+](C)(C)CCCCCCCCCC(=O)O. The van der Waals surface area contributed by atoms with Crippen LogP contribution in [0.25, 0.3) is 0 Å². The van der Waals surface area contributed by atoms with Crippen molar-refractivity contribution in [1.29, 1.82) is 0 Å². The van der Waals surface area contributed by atoms with E-state index < -0.39 is 5.97 Å². The number of carbonyl (C=O) groups excluding carboxylic acids is 1. The van der Waals surface area contributed by atoms with Crippen molar-refractivity contribution >= 4 is 11.9 Å². The minimum atomic E-state index is -0.688. The molecule has 0 aromatic rings. The summed E-state index contributed by atoms with van der Waals surface area (Å²) in [6.45, 7) is 4.44. The highest BCUT2D eigenvalue weighted by Crippen LogP contribution is 2.10. The average molecular weight is 343 g/mol. The van der Waals surface area contributed by atoms with Crippen LogP contribution in [0.4, 0.5) is 0 Å². The van der Waals surface area contributed by atoms with Gasteiger partial charge in [0.2, 0.25) is 0 Å². The largest absolute Gasteiger partial charge is 0.481 e.